The Balaban J connectivity index is 0.968. The van der Waals surface area contributed by atoms with Gasteiger partial charge in [0.2, 0.25) is 0 Å². The van der Waals surface area contributed by atoms with Gasteiger partial charge in [-0.1, -0.05) is 116 Å². The number of para-hydroxylation sites is 1. The molecule has 4 atom stereocenters. The van der Waals surface area contributed by atoms with E-state index in [0.717, 1.165) is 84.7 Å². The van der Waals surface area contributed by atoms with Crippen molar-refractivity contribution >= 4 is 61.0 Å². The van der Waals surface area contributed by atoms with E-state index in [1.807, 2.05) is 30.3 Å². The number of imidazole rings is 1. The highest BCUT2D eigenvalue weighted by atomic mass is 16.5. The Morgan fingerprint density at radius 3 is 2.37 bits per heavy atom. The van der Waals surface area contributed by atoms with Crippen molar-refractivity contribution in [2.24, 2.45) is 5.92 Å². The summed E-state index contributed by atoms with van der Waals surface area (Å²) in [5.74, 6) is 2.42. The standard InChI is InChI=1S/C55H41N5O2/c1-32-12-11-16-40-48(32)42-29-36(19-21-39(42)50-49(40)56-47-31-35(24-27-60(47)50)34-20-22-46-41(28-34)38-15-7-8-18-45(38)61-46)52-57-51(33-13-5-4-6-14-33)58-53(59-52)37-23-26-55(3)44(30-37)43-17-9-10-25-54(43,2)62-55/h4-11,13-25,27-32,43H,12,26H2,1-3H3. The molecule has 9 aromatic rings. The fourth-order valence-electron chi connectivity index (χ4n) is 10.7. The SMILES string of the molecule is CC1CC=Cc2c1c1cc(-c3nc(C4=CCC5(C)OC6(C)C=CC=CC6C5=C4)nc(-c4ccccc4)n3)ccc1c1c2nc2cc(-c3ccc4oc5ccccc5c4c3)ccn21. The molecular weight excluding hydrogens is 763 g/mol. The number of rotatable bonds is 4. The lowest BCUT2D eigenvalue weighted by atomic mass is 9.75. The number of ether oxygens (including phenoxy) is 1. The minimum Gasteiger partial charge on any atom is -0.456 e. The van der Waals surface area contributed by atoms with Gasteiger partial charge in [0.1, 0.15) is 16.8 Å². The second kappa shape index (κ2) is 12.9. The number of hydrogen-bond donors (Lipinski definition) is 0. The zero-order valence-electron chi connectivity index (χ0n) is 34.6. The number of allylic oxidation sites excluding steroid dienone is 5. The van der Waals surface area contributed by atoms with E-state index < -0.39 is 5.60 Å². The van der Waals surface area contributed by atoms with Crippen molar-refractivity contribution < 1.29 is 9.15 Å². The zero-order chi connectivity index (χ0) is 41.3. The van der Waals surface area contributed by atoms with Gasteiger partial charge in [0.05, 0.1) is 22.2 Å². The van der Waals surface area contributed by atoms with Crippen molar-refractivity contribution in [3.05, 3.63) is 174 Å². The molecule has 0 bridgehead atoms. The van der Waals surface area contributed by atoms with E-state index in [-0.39, 0.29) is 11.5 Å². The van der Waals surface area contributed by atoms with Crippen molar-refractivity contribution in [3.8, 4) is 33.9 Å². The number of aromatic nitrogens is 5. The Morgan fingerprint density at radius 1 is 0.694 bits per heavy atom. The first-order chi connectivity index (χ1) is 30.3. The first-order valence-electron chi connectivity index (χ1n) is 21.6. The summed E-state index contributed by atoms with van der Waals surface area (Å²) in [7, 11) is 0. The molecule has 5 heterocycles. The average Bonchev–Trinajstić information content (AvgIpc) is 3.95. The topological polar surface area (TPSA) is 78.3 Å². The van der Waals surface area contributed by atoms with Gasteiger partial charge in [-0.05, 0) is 103 Å². The molecule has 7 nitrogen and oxygen atoms in total. The lowest BCUT2D eigenvalue weighted by molar-refractivity contribution is -0.0559. The van der Waals surface area contributed by atoms with Gasteiger partial charge in [0.15, 0.2) is 17.5 Å². The molecule has 1 aliphatic heterocycles. The summed E-state index contributed by atoms with van der Waals surface area (Å²) in [6.07, 6.45) is 21.6. The smallest absolute Gasteiger partial charge is 0.164 e. The van der Waals surface area contributed by atoms with Gasteiger partial charge in [0, 0.05) is 50.5 Å². The largest absolute Gasteiger partial charge is 0.456 e. The third-order valence-electron chi connectivity index (χ3n) is 13.8. The van der Waals surface area contributed by atoms with Crippen LogP contribution in [-0.2, 0) is 4.74 Å². The van der Waals surface area contributed by atoms with E-state index in [4.69, 9.17) is 29.1 Å². The molecule has 62 heavy (non-hydrogen) atoms. The molecule has 0 N–H and O–H groups in total. The van der Waals surface area contributed by atoms with Gasteiger partial charge in [-0.3, -0.25) is 4.40 Å². The van der Waals surface area contributed by atoms with Crippen LogP contribution in [0.25, 0.3) is 94.9 Å². The van der Waals surface area contributed by atoms with Crippen LogP contribution in [0.4, 0.5) is 0 Å². The summed E-state index contributed by atoms with van der Waals surface area (Å²) >= 11 is 0. The van der Waals surface area contributed by atoms with E-state index in [1.54, 1.807) is 0 Å². The van der Waals surface area contributed by atoms with Crippen molar-refractivity contribution in [1.82, 2.24) is 24.3 Å². The van der Waals surface area contributed by atoms with Crippen molar-refractivity contribution in [2.75, 3.05) is 0 Å². The zero-order valence-corrected chi connectivity index (χ0v) is 34.6. The van der Waals surface area contributed by atoms with Crippen LogP contribution in [0.3, 0.4) is 0 Å². The van der Waals surface area contributed by atoms with Crippen molar-refractivity contribution in [2.45, 2.75) is 50.7 Å². The second-order valence-electron chi connectivity index (χ2n) is 17.8. The predicted molar refractivity (Wildman–Crippen MR) is 250 cm³/mol. The maximum absolute atomic E-state index is 6.79. The third kappa shape index (κ3) is 5.21. The fraction of sp³-hybridized carbons (Fsp3) is 0.164. The average molecular weight is 804 g/mol. The minimum absolute atomic E-state index is 0.147. The highest BCUT2D eigenvalue weighted by Crippen LogP contribution is 2.53. The molecular formula is C55H41N5O2. The van der Waals surface area contributed by atoms with Gasteiger partial charge < -0.3 is 9.15 Å². The molecule has 3 aliphatic carbocycles. The van der Waals surface area contributed by atoms with Gasteiger partial charge in [0.25, 0.3) is 0 Å². The minimum atomic E-state index is -0.392. The van der Waals surface area contributed by atoms with Gasteiger partial charge in [-0.25, -0.2) is 19.9 Å². The lowest BCUT2D eigenvalue weighted by Crippen LogP contribution is -2.32. The Morgan fingerprint density at radius 2 is 1.47 bits per heavy atom. The molecule has 0 spiro atoms. The summed E-state index contributed by atoms with van der Waals surface area (Å²) in [4.78, 5) is 21.0. The Labute approximate surface area is 358 Å². The summed E-state index contributed by atoms with van der Waals surface area (Å²) < 4.78 is 15.2. The summed E-state index contributed by atoms with van der Waals surface area (Å²) in [6, 6.07) is 36.0. The van der Waals surface area contributed by atoms with Crippen molar-refractivity contribution in [1.29, 1.82) is 0 Å². The lowest BCUT2D eigenvalue weighted by Gasteiger charge is -2.30. The maximum atomic E-state index is 6.79. The molecule has 5 aromatic carbocycles. The van der Waals surface area contributed by atoms with Crippen LogP contribution >= 0.6 is 0 Å². The quantitative estimate of drug-likeness (QED) is 0.176. The predicted octanol–water partition coefficient (Wildman–Crippen LogP) is 13.2. The van der Waals surface area contributed by atoms with E-state index in [2.05, 4.69) is 153 Å². The molecule has 4 aliphatic rings. The summed E-state index contributed by atoms with van der Waals surface area (Å²) in [5.41, 5.74) is 12.9. The highest BCUT2D eigenvalue weighted by molar-refractivity contribution is 6.13. The van der Waals surface area contributed by atoms with Crippen LogP contribution in [0, 0.1) is 5.92 Å². The van der Waals surface area contributed by atoms with Crippen molar-refractivity contribution in [3.63, 3.8) is 0 Å². The molecule has 7 heteroatoms. The highest BCUT2D eigenvalue weighted by Gasteiger charge is 2.53. The normalized spacial score (nSPS) is 22.7. The van der Waals surface area contributed by atoms with Crippen LogP contribution in [0.1, 0.15) is 56.5 Å². The van der Waals surface area contributed by atoms with Gasteiger partial charge in [-0.15, -0.1) is 0 Å². The van der Waals surface area contributed by atoms with E-state index in [1.165, 1.54) is 22.1 Å². The molecule has 0 amide bonds. The van der Waals surface area contributed by atoms with Crippen LogP contribution in [0.15, 0.2) is 162 Å². The third-order valence-corrected chi connectivity index (χ3v) is 13.8. The molecule has 1 saturated heterocycles. The monoisotopic (exact) mass is 803 g/mol. The Hall–Kier alpha value is -7.22. The number of furan rings is 1. The second-order valence-corrected chi connectivity index (χ2v) is 17.8. The van der Waals surface area contributed by atoms with E-state index >= 15 is 0 Å². The Bertz CT molecular complexity index is 3570. The number of benzene rings is 5. The number of nitrogens with zero attached hydrogens (tertiary/aromatic N) is 5. The molecule has 4 unspecified atom stereocenters. The first-order valence-corrected chi connectivity index (χ1v) is 21.6. The molecule has 4 aromatic heterocycles. The van der Waals surface area contributed by atoms with E-state index in [0.29, 0.717) is 23.4 Å². The molecule has 1 fully saturated rings. The molecule has 13 rings (SSSR count). The number of hydrogen-bond acceptors (Lipinski definition) is 6. The van der Waals surface area contributed by atoms with Crippen LogP contribution < -0.4 is 0 Å². The fourth-order valence-corrected chi connectivity index (χ4v) is 10.7. The van der Waals surface area contributed by atoms with Crippen LogP contribution in [0.2, 0.25) is 0 Å². The van der Waals surface area contributed by atoms with E-state index in [9.17, 15) is 0 Å². The van der Waals surface area contributed by atoms with Crippen LogP contribution in [-0.4, -0.2) is 35.5 Å². The van der Waals surface area contributed by atoms with Gasteiger partial charge >= 0.3 is 0 Å². The number of fused-ring (bicyclic) bond motifs is 14. The summed E-state index contributed by atoms with van der Waals surface area (Å²) in [6.45, 7) is 6.72. The Kier molecular flexibility index (Phi) is 7.39. The molecule has 298 valence electrons. The number of pyridine rings is 1. The summed E-state index contributed by atoms with van der Waals surface area (Å²) in [5, 5.41) is 4.59. The first kappa shape index (κ1) is 35.5. The maximum Gasteiger partial charge on any atom is 0.164 e. The molecule has 0 radical (unpaired) electrons. The van der Waals surface area contributed by atoms with Crippen LogP contribution in [0.5, 0.6) is 0 Å². The van der Waals surface area contributed by atoms with Gasteiger partial charge in [-0.2, -0.15) is 0 Å². The molecule has 0 saturated carbocycles.